The monoisotopic (exact) mass is 272 g/mol. The third-order valence-electron chi connectivity index (χ3n) is 3.55. The van der Waals surface area contributed by atoms with E-state index in [1.54, 1.807) is 0 Å². The van der Waals surface area contributed by atoms with Gasteiger partial charge in [0.25, 0.3) is 6.47 Å². The summed E-state index contributed by atoms with van der Waals surface area (Å²) in [7, 11) is 0. The van der Waals surface area contributed by atoms with Crippen molar-refractivity contribution in [3.63, 3.8) is 0 Å². The average molecular weight is 272 g/mol. The van der Waals surface area contributed by atoms with E-state index < -0.39 is 0 Å². The minimum absolute atomic E-state index is 0.101. The van der Waals surface area contributed by atoms with Crippen molar-refractivity contribution >= 4 is 6.47 Å². The normalized spacial score (nSPS) is 14.1. The Balaban J connectivity index is 3.73. The summed E-state index contributed by atoms with van der Waals surface area (Å²) in [6, 6.07) is 0. The highest BCUT2D eigenvalue weighted by Gasteiger charge is 2.15. The van der Waals surface area contributed by atoms with Crippen LogP contribution in [-0.2, 0) is 9.53 Å². The highest BCUT2D eigenvalue weighted by Crippen LogP contribution is 2.16. The molecule has 0 aliphatic heterocycles. The molecule has 0 heterocycles. The molecule has 0 aromatic rings. The Bertz CT molecular complexity index is 194. The van der Waals surface area contributed by atoms with E-state index in [2.05, 4.69) is 13.8 Å². The molecule has 0 bridgehead atoms. The van der Waals surface area contributed by atoms with Gasteiger partial charge >= 0.3 is 0 Å². The lowest BCUT2D eigenvalue weighted by atomic mass is 10.0. The van der Waals surface area contributed by atoms with Gasteiger partial charge in [-0.3, -0.25) is 4.79 Å². The van der Waals surface area contributed by atoms with E-state index in [1.807, 2.05) is 0 Å². The second kappa shape index (κ2) is 13.9. The quantitative estimate of drug-likeness (QED) is 0.380. The van der Waals surface area contributed by atoms with Gasteiger partial charge in [-0.15, -0.1) is 0 Å². The van der Waals surface area contributed by atoms with Gasteiger partial charge in [0.15, 0.2) is 0 Å². The molecule has 19 heavy (non-hydrogen) atoms. The van der Waals surface area contributed by atoms with Crippen LogP contribution in [0.2, 0.25) is 0 Å². The van der Waals surface area contributed by atoms with Crippen molar-refractivity contribution in [2.75, 3.05) is 0 Å². The van der Waals surface area contributed by atoms with Gasteiger partial charge < -0.3 is 9.84 Å². The molecule has 3 heteroatoms. The number of aliphatic hydroxyl groups excluding tert-OH is 1. The molecule has 0 aromatic heterocycles. The number of carbonyl (C=O) groups is 1. The molecular weight excluding hydrogens is 240 g/mol. The van der Waals surface area contributed by atoms with Crippen LogP contribution in [0.5, 0.6) is 0 Å². The van der Waals surface area contributed by atoms with Crippen LogP contribution in [0.4, 0.5) is 0 Å². The molecule has 0 aliphatic rings. The number of ether oxygens (including phenoxy) is 1. The van der Waals surface area contributed by atoms with Gasteiger partial charge in [-0.1, -0.05) is 58.8 Å². The Kier molecular flexibility index (Phi) is 13.4. The molecule has 2 atom stereocenters. The van der Waals surface area contributed by atoms with E-state index in [1.165, 1.54) is 32.1 Å². The summed E-state index contributed by atoms with van der Waals surface area (Å²) in [5, 5.41) is 9.92. The second-order valence-electron chi connectivity index (χ2n) is 5.44. The molecule has 0 saturated carbocycles. The van der Waals surface area contributed by atoms with Crippen LogP contribution in [0.15, 0.2) is 0 Å². The van der Waals surface area contributed by atoms with Gasteiger partial charge in [0.05, 0.1) is 6.10 Å². The van der Waals surface area contributed by atoms with Crippen molar-refractivity contribution in [3.05, 3.63) is 0 Å². The van der Waals surface area contributed by atoms with Crippen LogP contribution in [0.1, 0.15) is 84.5 Å². The Hall–Kier alpha value is -0.570. The van der Waals surface area contributed by atoms with E-state index in [4.69, 9.17) is 4.74 Å². The molecule has 3 nitrogen and oxygen atoms in total. The zero-order valence-electron chi connectivity index (χ0n) is 12.8. The first-order chi connectivity index (χ1) is 9.24. The molecule has 0 radical (unpaired) electrons. The van der Waals surface area contributed by atoms with Crippen LogP contribution < -0.4 is 0 Å². The highest BCUT2D eigenvalue weighted by atomic mass is 16.5. The van der Waals surface area contributed by atoms with Gasteiger partial charge in [-0.25, -0.2) is 0 Å². The fraction of sp³-hybridized carbons (Fsp3) is 0.938. The third kappa shape index (κ3) is 12.2. The Morgan fingerprint density at radius 1 is 0.947 bits per heavy atom. The molecular formula is C16H32O3. The van der Waals surface area contributed by atoms with Crippen molar-refractivity contribution in [2.24, 2.45) is 0 Å². The molecule has 0 saturated heterocycles. The van der Waals surface area contributed by atoms with Crippen molar-refractivity contribution in [3.8, 4) is 0 Å². The van der Waals surface area contributed by atoms with E-state index >= 15 is 0 Å². The predicted octanol–water partition coefficient (Wildman–Crippen LogP) is 4.22. The highest BCUT2D eigenvalue weighted by molar-refractivity contribution is 5.37. The van der Waals surface area contributed by atoms with Crippen LogP contribution in [0.25, 0.3) is 0 Å². The van der Waals surface area contributed by atoms with Gasteiger partial charge in [-0.2, -0.15) is 0 Å². The maximum atomic E-state index is 10.5. The number of hydrogen-bond acceptors (Lipinski definition) is 3. The van der Waals surface area contributed by atoms with Crippen molar-refractivity contribution in [2.45, 2.75) is 96.7 Å². The zero-order valence-corrected chi connectivity index (χ0v) is 12.8. The maximum Gasteiger partial charge on any atom is 0.293 e. The second-order valence-corrected chi connectivity index (χ2v) is 5.44. The van der Waals surface area contributed by atoms with E-state index in [9.17, 15) is 9.90 Å². The van der Waals surface area contributed by atoms with Crippen molar-refractivity contribution < 1.29 is 14.6 Å². The summed E-state index contributed by atoms with van der Waals surface area (Å²) in [5.74, 6) is 0. The van der Waals surface area contributed by atoms with Crippen LogP contribution in [0, 0.1) is 0 Å². The van der Waals surface area contributed by atoms with E-state index in [0.29, 0.717) is 12.9 Å². The van der Waals surface area contributed by atoms with Gasteiger partial charge in [0, 0.05) is 6.42 Å². The van der Waals surface area contributed by atoms with E-state index in [-0.39, 0.29) is 12.2 Å². The molecule has 0 unspecified atom stereocenters. The topological polar surface area (TPSA) is 46.5 Å². The first kappa shape index (κ1) is 18.4. The van der Waals surface area contributed by atoms with Gasteiger partial charge in [0.1, 0.15) is 6.10 Å². The summed E-state index contributed by atoms with van der Waals surface area (Å²) in [6.07, 6.45) is 11.3. The lowest BCUT2D eigenvalue weighted by molar-refractivity contribution is -0.135. The molecule has 0 spiro atoms. The summed E-state index contributed by atoms with van der Waals surface area (Å²) in [5.41, 5.74) is 0. The average Bonchev–Trinajstić information content (AvgIpc) is 2.39. The third-order valence-corrected chi connectivity index (χ3v) is 3.55. The van der Waals surface area contributed by atoms with Gasteiger partial charge in [0.2, 0.25) is 0 Å². The summed E-state index contributed by atoms with van der Waals surface area (Å²) < 4.78 is 5.08. The molecule has 0 aliphatic carbocycles. The van der Waals surface area contributed by atoms with Crippen molar-refractivity contribution in [1.29, 1.82) is 0 Å². The SMILES string of the molecule is CCCCCCC[C@H](C[C@@H](O)CCCCC)OC=O. The molecule has 0 fully saturated rings. The first-order valence-electron chi connectivity index (χ1n) is 8.01. The molecule has 0 amide bonds. The molecule has 1 N–H and O–H groups in total. The molecule has 0 rings (SSSR count). The predicted molar refractivity (Wildman–Crippen MR) is 79.1 cm³/mol. The smallest absolute Gasteiger partial charge is 0.293 e. The van der Waals surface area contributed by atoms with Crippen molar-refractivity contribution in [1.82, 2.24) is 0 Å². The minimum Gasteiger partial charge on any atom is -0.464 e. The lowest BCUT2D eigenvalue weighted by Crippen LogP contribution is -2.20. The van der Waals surface area contributed by atoms with Crippen LogP contribution >= 0.6 is 0 Å². The number of aliphatic hydroxyl groups is 1. The number of unbranched alkanes of at least 4 members (excludes halogenated alkanes) is 6. The summed E-state index contributed by atoms with van der Waals surface area (Å²) in [4.78, 5) is 10.5. The minimum atomic E-state index is -0.327. The van der Waals surface area contributed by atoms with Crippen LogP contribution in [0.3, 0.4) is 0 Å². The van der Waals surface area contributed by atoms with Crippen LogP contribution in [-0.4, -0.2) is 23.8 Å². The fourth-order valence-corrected chi connectivity index (χ4v) is 2.35. The Morgan fingerprint density at radius 3 is 2.16 bits per heavy atom. The Labute approximate surface area is 118 Å². The van der Waals surface area contributed by atoms with Gasteiger partial charge in [-0.05, 0) is 19.3 Å². The lowest BCUT2D eigenvalue weighted by Gasteiger charge is -2.18. The fourth-order valence-electron chi connectivity index (χ4n) is 2.35. The Morgan fingerprint density at radius 2 is 1.53 bits per heavy atom. The maximum absolute atomic E-state index is 10.5. The number of rotatable bonds is 14. The summed E-state index contributed by atoms with van der Waals surface area (Å²) >= 11 is 0. The van der Waals surface area contributed by atoms with E-state index in [0.717, 1.165) is 32.1 Å². The molecule has 114 valence electrons. The standard InChI is InChI=1S/C16H32O3/c1-3-5-7-8-10-12-16(19-14-17)13-15(18)11-9-6-4-2/h14-16,18H,3-13H2,1-2H3/t15-,16+/m0/s1. The zero-order chi connectivity index (χ0) is 14.3. The largest absolute Gasteiger partial charge is 0.464 e. The first-order valence-corrected chi connectivity index (χ1v) is 8.01. The number of hydrogen-bond donors (Lipinski definition) is 1. The number of carbonyl (C=O) groups excluding carboxylic acids is 1. The summed E-state index contributed by atoms with van der Waals surface area (Å²) in [6.45, 7) is 4.88. The molecule has 0 aromatic carbocycles.